The van der Waals surface area contributed by atoms with Crippen LogP contribution in [0.25, 0.3) is 10.9 Å². The van der Waals surface area contributed by atoms with Crippen LogP contribution in [0.2, 0.25) is 0 Å². The molecule has 0 fully saturated rings. The summed E-state index contributed by atoms with van der Waals surface area (Å²) in [7, 11) is 0. The Hall–Kier alpha value is -2.89. The molecule has 2 heterocycles. The molecule has 3 aromatic rings. The minimum Gasteiger partial charge on any atom is -0.361 e. The number of H-pyrrole nitrogens is 1. The second kappa shape index (κ2) is 7.15. The molecule has 1 amide bonds. The van der Waals surface area contributed by atoms with E-state index in [1.165, 1.54) is 15.6 Å². The number of fused-ring (bicyclic) bond motifs is 2. The average Bonchev–Trinajstić information content (AvgIpc) is 3.06. The molecule has 26 heavy (non-hydrogen) atoms. The first-order chi connectivity index (χ1) is 12.7. The predicted octanol–water partition coefficient (Wildman–Crippen LogP) is 1.96. The normalized spacial score (nSPS) is 13.5. The zero-order valence-corrected chi connectivity index (χ0v) is 14.6. The van der Waals surface area contributed by atoms with Crippen LogP contribution in [0.15, 0.2) is 41.3 Å². The third kappa shape index (κ3) is 3.40. The van der Waals surface area contributed by atoms with Crippen LogP contribution in [0.1, 0.15) is 29.7 Å². The van der Waals surface area contributed by atoms with Crippen LogP contribution in [0.4, 0.5) is 0 Å². The smallest absolute Gasteiger partial charge is 0.267 e. The molecule has 2 aromatic heterocycles. The number of amides is 1. The lowest BCUT2D eigenvalue weighted by Crippen LogP contribution is -2.35. The van der Waals surface area contributed by atoms with Crippen molar-refractivity contribution in [2.75, 3.05) is 6.54 Å². The molecule has 0 aliphatic heterocycles. The first-order valence-corrected chi connectivity index (χ1v) is 9.12. The molecule has 2 N–H and O–H groups in total. The van der Waals surface area contributed by atoms with E-state index in [1.807, 2.05) is 24.4 Å². The zero-order chi connectivity index (χ0) is 17.9. The zero-order valence-electron chi connectivity index (χ0n) is 14.6. The molecule has 4 rings (SSSR count). The number of benzene rings is 1. The quantitative estimate of drug-likeness (QED) is 0.738. The van der Waals surface area contributed by atoms with Crippen molar-refractivity contribution in [1.29, 1.82) is 0 Å². The minimum atomic E-state index is -0.197. The highest BCUT2D eigenvalue weighted by Gasteiger charge is 2.14. The number of hydrogen-bond donors (Lipinski definition) is 2. The molecule has 0 saturated carbocycles. The van der Waals surface area contributed by atoms with Crippen LogP contribution in [0, 0.1) is 0 Å². The maximum atomic E-state index is 12.2. The van der Waals surface area contributed by atoms with Gasteiger partial charge in [-0.05, 0) is 49.3 Å². The van der Waals surface area contributed by atoms with Crippen LogP contribution in [0.5, 0.6) is 0 Å². The van der Waals surface area contributed by atoms with Crippen LogP contribution in [-0.2, 0) is 30.6 Å². The number of para-hydroxylation sites is 1. The number of hydrogen-bond acceptors (Lipinski definition) is 3. The van der Waals surface area contributed by atoms with E-state index >= 15 is 0 Å². The topological polar surface area (TPSA) is 79.8 Å². The summed E-state index contributed by atoms with van der Waals surface area (Å²) in [5.41, 5.74) is 4.07. The van der Waals surface area contributed by atoms with Crippen LogP contribution >= 0.6 is 0 Å². The van der Waals surface area contributed by atoms with Crippen LogP contribution < -0.4 is 10.9 Å². The van der Waals surface area contributed by atoms with Gasteiger partial charge in [-0.1, -0.05) is 18.2 Å². The third-order valence-electron chi connectivity index (χ3n) is 4.96. The highest BCUT2D eigenvalue weighted by atomic mass is 16.2. The van der Waals surface area contributed by atoms with Crippen molar-refractivity contribution < 1.29 is 4.79 Å². The highest BCUT2D eigenvalue weighted by Crippen LogP contribution is 2.18. The first kappa shape index (κ1) is 16.6. The minimum absolute atomic E-state index is 0.0278. The van der Waals surface area contributed by atoms with Crippen LogP contribution in [0.3, 0.4) is 0 Å². The molecule has 134 valence electrons. The SMILES string of the molecule is O=C(Cn1nc2c(cc1=O)CCCC2)NCCc1c[nH]c2ccccc12. The van der Waals surface area contributed by atoms with Gasteiger partial charge in [0.25, 0.3) is 5.56 Å². The van der Waals surface area contributed by atoms with E-state index in [9.17, 15) is 9.59 Å². The van der Waals surface area contributed by atoms with Crippen molar-refractivity contribution in [3.8, 4) is 0 Å². The van der Waals surface area contributed by atoms with Gasteiger partial charge in [0.05, 0.1) is 5.69 Å². The molecule has 1 aliphatic carbocycles. The van der Waals surface area contributed by atoms with E-state index in [1.54, 1.807) is 6.07 Å². The number of aromatic nitrogens is 3. The average molecular weight is 350 g/mol. The van der Waals surface area contributed by atoms with Gasteiger partial charge in [0.15, 0.2) is 0 Å². The molecule has 6 nitrogen and oxygen atoms in total. The number of rotatable bonds is 5. The van der Waals surface area contributed by atoms with E-state index in [2.05, 4.69) is 21.5 Å². The van der Waals surface area contributed by atoms with Crippen molar-refractivity contribution in [3.05, 3.63) is 63.7 Å². The van der Waals surface area contributed by atoms with Gasteiger partial charge >= 0.3 is 0 Å². The number of aryl methyl sites for hydroxylation is 2. The first-order valence-electron chi connectivity index (χ1n) is 9.12. The van der Waals surface area contributed by atoms with Gasteiger partial charge in [0.1, 0.15) is 6.54 Å². The molecule has 1 aromatic carbocycles. The number of carbonyl (C=O) groups is 1. The summed E-state index contributed by atoms with van der Waals surface area (Å²) in [5, 5.41) is 8.45. The lowest BCUT2D eigenvalue weighted by atomic mass is 9.97. The van der Waals surface area contributed by atoms with Gasteiger partial charge in [-0.3, -0.25) is 9.59 Å². The Morgan fingerprint density at radius 3 is 3.00 bits per heavy atom. The Labute approximate surface area is 151 Å². The summed E-state index contributed by atoms with van der Waals surface area (Å²) in [5.74, 6) is -0.185. The lowest BCUT2D eigenvalue weighted by Gasteiger charge is -2.15. The van der Waals surface area contributed by atoms with E-state index in [-0.39, 0.29) is 18.0 Å². The maximum Gasteiger partial charge on any atom is 0.267 e. The van der Waals surface area contributed by atoms with Crippen molar-refractivity contribution in [2.24, 2.45) is 0 Å². The molecule has 0 saturated heterocycles. The summed E-state index contributed by atoms with van der Waals surface area (Å²) < 4.78 is 1.28. The molecule has 0 bridgehead atoms. The Morgan fingerprint density at radius 2 is 2.08 bits per heavy atom. The van der Waals surface area contributed by atoms with Gasteiger partial charge in [0, 0.05) is 29.7 Å². The fraction of sp³-hybridized carbons (Fsp3) is 0.350. The second-order valence-electron chi connectivity index (χ2n) is 6.78. The fourth-order valence-corrected chi connectivity index (χ4v) is 3.58. The molecule has 0 radical (unpaired) electrons. The Bertz CT molecular complexity index is 1000. The van der Waals surface area contributed by atoms with Crippen LogP contribution in [-0.4, -0.2) is 27.2 Å². The van der Waals surface area contributed by atoms with Crippen molar-refractivity contribution in [1.82, 2.24) is 20.1 Å². The van der Waals surface area contributed by atoms with E-state index in [0.29, 0.717) is 6.54 Å². The Kier molecular flexibility index (Phi) is 4.56. The highest BCUT2D eigenvalue weighted by molar-refractivity contribution is 5.83. The molecular weight excluding hydrogens is 328 g/mol. The standard InChI is InChI=1S/C20H22N4O2/c25-19(13-24-20(26)11-14-5-1-3-7-17(14)23-24)21-10-9-15-12-22-18-8-4-2-6-16(15)18/h2,4,6,8,11-12,22H,1,3,5,7,9-10,13H2,(H,21,25). The van der Waals surface area contributed by atoms with Gasteiger partial charge < -0.3 is 10.3 Å². The number of nitrogens with one attached hydrogen (secondary N) is 2. The molecule has 0 spiro atoms. The van der Waals surface area contributed by atoms with Gasteiger partial charge in [-0.25, -0.2) is 4.68 Å². The van der Waals surface area contributed by atoms with Gasteiger partial charge in [-0.2, -0.15) is 5.10 Å². The summed E-state index contributed by atoms with van der Waals surface area (Å²) in [6.07, 6.45) is 6.71. The molecule has 6 heteroatoms. The lowest BCUT2D eigenvalue weighted by molar-refractivity contribution is -0.121. The molecule has 0 atom stereocenters. The summed E-state index contributed by atoms with van der Waals surface area (Å²) in [6.45, 7) is 0.500. The van der Waals surface area contributed by atoms with Crippen molar-refractivity contribution >= 4 is 16.8 Å². The maximum absolute atomic E-state index is 12.2. The summed E-state index contributed by atoms with van der Waals surface area (Å²) in [6, 6.07) is 9.74. The Morgan fingerprint density at radius 1 is 1.23 bits per heavy atom. The number of aromatic amines is 1. The van der Waals surface area contributed by atoms with E-state index in [4.69, 9.17) is 0 Å². The number of carbonyl (C=O) groups excluding carboxylic acids is 1. The third-order valence-corrected chi connectivity index (χ3v) is 4.96. The second-order valence-corrected chi connectivity index (χ2v) is 6.78. The largest absolute Gasteiger partial charge is 0.361 e. The van der Waals surface area contributed by atoms with E-state index < -0.39 is 0 Å². The summed E-state index contributed by atoms with van der Waals surface area (Å²) in [4.78, 5) is 27.6. The van der Waals surface area contributed by atoms with E-state index in [0.717, 1.165) is 48.9 Å². The van der Waals surface area contributed by atoms with Gasteiger partial charge in [0.2, 0.25) is 5.91 Å². The molecule has 0 unspecified atom stereocenters. The molecular formula is C20H22N4O2. The number of nitrogens with zero attached hydrogens (tertiary/aromatic N) is 2. The van der Waals surface area contributed by atoms with Crippen molar-refractivity contribution in [3.63, 3.8) is 0 Å². The Balaban J connectivity index is 1.36. The van der Waals surface area contributed by atoms with Crippen molar-refractivity contribution in [2.45, 2.75) is 38.6 Å². The fourth-order valence-electron chi connectivity index (χ4n) is 3.58. The monoisotopic (exact) mass is 350 g/mol. The molecule has 1 aliphatic rings. The summed E-state index contributed by atoms with van der Waals surface area (Å²) >= 11 is 0. The van der Waals surface area contributed by atoms with Gasteiger partial charge in [-0.15, -0.1) is 0 Å². The predicted molar refractivity (Wildman–Crippen MR) is 100 cm³/mol.